The second-order valence-electron chi connectivity index (χ2n) is 7.74. The van der Waals surface area contributed by atoms with Gasteiger partial charge in [0.1, 0.15) is 5.65 Å². The maximum absolute atomic E-state index is 5.98. The quantitative estimate of drug-likeness (QED) is 0.762. The fourth-order valence-electron chi connectivity index (χ4n) is 3.09. The van der Waals surface area contributed by atoms with Crippen LogP contribution in [0.4, 0.5) is 0 Å². The lowest BCUT2D eigenvalue weighted by Gasteiger charge is -2.19. The molecular formula is C21H27N3. The first-order valence-electron chi connectivity index (χ1n) is 8.61. The highest BCUT2D eigenvalue weighted by Gasteiger charge is 2.20. The van der Waals surface area contributed by atoms with E-state index in [4.69, 9.17) is 10.7 Å². The van der Waals surface area contributed by atoms with E-state index in [1.54, 1.807) is 0 Å². The Kier molecular flexibility index (Phi) is 4.22. The Balaban J connectivity index is 2.18. The monoisotopic (exact) mass is 321 g/mol. The molecule has 3 heteroatoms. The van der Waals surface area contributed by atoms with E-state index in [0.29, 0.717) is 6.54 Å². The van der Waals surface area contributed by atoms with Gasteiger partial charge in [0.05, 0.1) is 11.4 Å². The standard InChI is InChI=1S/C21H27N3/c1-14-6-11-18-23-19(20(15(2)12-22)24(18)13-14)16-7-9-17(10-8-16)21(3,4)5/h6-11,13,15H,12,22H2,1-5H3. The zero-order valence-electron chi connectivity index (χ0n) is 15.3. The van der Waals surface area contributed by atoms with Crippen LogP contribution in [-0.4, -0.2) is 15.9 Å². The van der Waals surface area contributed by atoms with Crippen LogP contribution in [-0.2, 0) is 5.41 Å². The van der Waals surface area contributed by atoms with E-state index < -0.39 is 0 Å². The molecule has 0 fully saturated rings. The molecule has 1 aromatic carbocycles. The smallest absolute Gasteiger partial charge is 0.137 e. The van der Waals surface area contributed by atoms with Gasteiger partial charge in [-0.1, -0.05) is 58.0 Å². The highest BCUT2D eigenvalue weighted by Crippen LogP contribution is 2.31. The number of pyridine rings is 1. The molecule has 2 N–H and O–H groups in total. The van der Waals surface area contributed by atoms with E-state index in [1.807, 2.05) is 0 Å². The molecule has 3 aromatic rings. The lowest BCUT2D eigenvalue weighted by atomic mass is 9.86. The summed E-state index contributed by atoms with van der Waals surface area (Å²) in [4.78, 5) is 4.89. The fraction of sp³-hybridized carbons (Fsp3) is 0.381. The molecule has 3 rings (SSSR count). The molecule has 0 amide bonds. The van der Waals surface area contributed by atoms with Gasteiger partial charge < -0.3 is 10.1 Å². The van der Waals surface area contributed by atoms with Crippen molar-refractivity contribution in [2.75, 3.05) is 6.54 Å². The minimum Gasteiger partial charge on any atom is -0.330 e. The second kappa shape index (κ2) is 6.06. The van der Waals surface area contributed by atoms with Crippen LogP contribution in [0, 0.1) is 6.92 Å². The van der Waals surface area contributed by atoms with Crippen LogP contribution < -0.4 is 5.73 Å². The van der Waals surface area contributed by atoms with Crippen molar-refractivity contribution < 1.29 is 0 Å². The number of hydrogen-bond acceptors (Lipinski definition) is 2. The molecule has 0 bridgehead atoms. The second-order valence-corrected chi connectivity index (χ2v) is 7.74. The lowest BCUT2D eigenvalue weighted by molar-refractivity contribution is 0.590. The molecule has 0 aliphatic heterocycles. The Hall–Kier alpha value is -2.13. The Bertz CT molecular complexity index is 851. The van der Waals surface area contributed by atoms with Crippen LogP contribution in [0.3, 0.4) is 0 Å². The van der Waals surface area contributed by atoms with Gasteiger partial charge in [-0.3, -0.25) is 0 Å². The average molecular weight is 321 g/mol. The Labute approximate surface area is 144 Å². The number of hydrogen-bond donors (Lipinski definition) is 1. The van der Waals surface area contributed by atoms with Crippen molar-refractivity contribution in [3.63, 3.8) is 0 Å². The number of imidazole rings is 1. The van der Waals surface area contributed by atoms with Gasteiger partial charge >= 0.3 is 0 Å². The predicted octanol–water partition coefficient (Wildman–Crippen LogP) is 4.67. The van der Waals surface area contributed by atoms with Gasteiger partial charge in [0.15, 0.2) is 0 Å². The van der Waals surface area contributed by atoms with E-state index in [1.165, 1.54) is 16.8 Å². The highest BCUT2D eigenvalue weighted by molar-refractivity contribution is 5.68. The molecular weight excluding hydrogens is 294 g/mol. The van der Waals surface area contributed by atoms with E-state index >= 15 is 0 Å². The first-order chi connectivity index (χ1) is 11.3. The van der Waals surface area contributed by atoms with E-state index in [9.17, 15) is 0 Å². The van der Waals surface area contributed by atoms with Gasteiger partial charge in [0.2, 0.25) is 0 Å². The average Bonchev–Trinajstić information content (AvgIpc) is 2.92. The fourth-order valence-corrected chi connectivity index (χ4v) is 3.09. The van der Waals surface area contributed by atoms with Crippen LogP contribution >= 0.6 is 0 Å². The van der Waals surface area contributed by atoms with Gasteiger partial charge in [-0.25, -0.2) is 4.98 Å². The first-order valence-corrected chi connectivity index (χ1v) is 8.61. The molecule has 3 nitrogen and oxygen atoms in total. The third-order valence-corrected chi connectivity index (χ3v) is 4.65. The van der Waals surface area contributed by atoms with Crippen molar-refractivity contribution in [1.82, 2.24) is 9.38 Å². The number of benzene rings is 1. The molecule has 0 radical (unpaired) electrons. The summed E-state index contributed by atoms with van der Waals surface area (Å²) in [5, 5.41) is 0. The third kappa shape index (κ3) is 2.96. The molecule has 0 aliphatic carbocycles. The minimum absolute atomic E-state index is 0.155. The first kappa shape index (κ1) is 16.7. The van der Waals surface area contributed by atoms with Crippen molar-refractivity contribution in [3.8, 4) is 11.3 Å². The molecule has 24 heavy (non-hydrogen) atoms. The Morgan fingerprint density at radius 3 is 2.33 bits per heavy atom. The number of aryl methyl sites for hydroxylation is 1. The normalized spacial score (nSPS) is 13.4. The summed E-state index contributed by atoms with van der Waals surface area (Å²) in [5.74, 6) is 0.249. The highest BCUT2D eigenvalue weighted by atomic mass is 15.0. The van der Waals surface area contributed by atoms with E-state index in [0.717, 1.165) is 16.9 Å². The molecule has 0 saturated heterocycles. The zero-order valence-corrected chi connectivity index (χ0v) is 15.3. The van der Waals surface area contributed by atoms with Gasteiger partial charge in [-0.2, -0.15) is 0 Å². The number of nitrogens with two attached hydrogens (primary N) is 1. The molecule has 2 aromatic heterocycles. The topological polar surface area (TPSA) is 43.3 Å². The van der Waals surface area contributed by atoms with Crippen LogP contribution in [0.15, 0.2) is 42.6 Å². The summed E-state index contributed by atoms with van der Waals surface area (Å²) in [6.07, 6.45) is 2.15. The number of fused-ring (bicyclic) bond motifs is 1. The van der Waals surface area contributed by atoms with Crippen LogP contribution in [0.5, 0.6) is 0 Å². The molecule has 1 unspecified atom stereocenters. The summed E-state index contributed by atoms with van der Waals surface area (Å²) >= 11 is 0. The lowest BCUT2D eigenvalue weighted by Crippen LogP contribution is -2.12. The summed E-state index contributed by atoms with van der Waals surface area (Å²) in [5.41, 5.74) is 13.1. The van der Waals surface area contributed by atoms with Crippen molar-refractivity contribution in [2.45, 2.75) is 46.0 Å². The number of rotatable bonds is 3. The van der Waals surface area contributed by atoms with Crippen LogP contribution in [0.25, 0.3) is 16.9 Å². The van der Waals surface area contributed by atoms with Gasteiger partial charge in [0, 0.05) is 24.2 Å². The zero-order chi connectivity index (χ0) is 17.5. The van der Waals surface area contributed by atoms with Crippen molar-refractivity contribution >= 4 is 5.65 Å². The minimum atomic E-state index is 0.155. The van der Waals surface area contributed by atoms with Gasteiger partial charge in [-0.05, 0) is 29.5 Å². The molecule has 126 valence electrons. The molecule has 1 atom stereocenters. The molecule has 0 spiro atoms. The summed E-state index contributed by atoms with van der Waals surface area (Å²) in [6, 6.07) is 13.0. The number of aromatic nitrogens is 2. The van der Waals surface area contributed by atoms with Gasteiger partial charge in [-0.15, -0.1) is 0 Å². The maximum atomic E-state index is 5.98. The molecule has 2 heterocycles. The van der Waals surface area contributed by atoms with Gasteiger partial charge in [0.25, 0.3) is 0 Å². The SMILES string of the molecule is Cc1ccc2nc(-c3ccc(C(C)(C)C)cc3)c(C(C)CN)n2c1. The molecule has 0 saturated carbocycles. The maximum Gasteiger partial charge on any atom is 0.137 e. The largest absolute Gasteiger partial charge is 0.330 e. The molecule has 0 aliphatic rings. The van der Waals surface area contributed by atoms with Crippen LogP contribution in [0.2, 0.25) is 0 Å². The van der Waals surface area contributed by atoms with E-state index in [-0.39, 0.29) is 11.3 Å². The third-order valence-electron chi connectivity index (χ3n) is 4.65. The van der Waals surface area contributed by atoms with E-state index in [2.05, 4.69) is 81.6 Å². The van der Waals surface area contributed by atoms with Crippen molar-refractivity contribution in [2.24, 2.45) is 5.73 Å². The number of nitrogens with zero attached hydrogens (tertiary/aromatic N) is 2. The Morgan fingerprint density at radius 1 is 1.08 bits per heavy atom. The summed E-state index contributed by atoms with van der Waals surface area (Å²) in [7, 11) is 0. The summed E-state index contributed by atoms with van der Waals surface area (Å²) < 4.78 is 2.19. The van der Waals surface area contributed by atoms with Crippen molar-refractivity contribution in [1.29, 1.82) is 0 Å². The Morgan fingerprint density at radius 2 is 1.75 bits per heavy atom. The predicted molar refractivity (Wildman–Crippen MR) is 102 cm³/mol. The summed E-state index contributed by atoms with van der Waals surface area (Å²) in [6.45, 7) is 11.6. The van der Waals surface area contributed by atoms with Crippen molar-refractivity contribution in [3.05, 3.63) is 59.4 Å². The van der Waals surface area contributed by atoms with Crippen LogP contribution in [0.1, 0.15) is 50.4 Å².